The maximum atomic E-state index is 12.1. The largest absolute Gasteiger partial charge is 0.481 e. The summed E-state index contributed by atoms with van der Waals surface area (Å²) in [6.07, 6.45) is 0.453. The van der Waals surface area contributed by atoms with Crippen molar-refractivity contribution >= 4 is 17.7 Å². The molecule has 2 N–H and O–H groups in total. The summed E-state index contributed by atoms with van der Waals surface area (Å²) in [4.78, 5) is 24.6. The van der Waals surface area contributed by atoms with Gasteiger partial charge in [0.15, 0.2) is 0 Å². The fraction of sp³-hybridized carbons (Fsp3) is 0.467. The SMILES string of the molecule is COC(C)c1cccc(NC(=O)N2CCC(C(=O)O)C2)c1. The van der Waals surface area contributed by atoms with E-state index in [0.717, 1.165) is 5.56 Å². The van der Waals surface area contributed by atoms with Crippen LogP contribution in [-0.2, 0) is 9.53 Å². The van der Waals surface area contributed by atoms with Gasteiger partial charge in [0.25, 0.3) is 0 Å². The molecule has 6 heteroatoms. The molecule has 2 amide bonds. The van der Waals surface area contributed by atoms with Crippen LogP contribution in [0.2, 0.25) is 0 Å². The molecule has 1 aromatic carbocycles. The highest BCUT2D eigenvalue weighted by Crippen LogP contribution is 2.21. The summed E-state index contributed by atoms with van der Waals surface area (Å²) in [5, 5.41) is 11.8. The first-order chi connectivity index (χ1) is 10.0. The van der Waals surface area contributed by atoms with Gasteiger partial charge in [0.1, 0.15) is 0 Å². The van der Waals surface area contributed by atoms with Gasteiger partial charge in [0.2, 0.25) is 0 Å². The summed E-state index contributed by atoms with van der Waals surface area (Å²) >= 11 is 0. The number of rotatable bonds is 4. The predicted molar refractivity (Wildman–Crippen MR) is 78.2 cm³/mol. The van der Waals surface area contributed by atoms with Crippen molar-refractivity contribution in [1.82, 2.24) is 4.90 Å². The molecule has 0 radical (unpaired) electrons. The number of likely N-dealkylation sites (tertiary alicyclic amines) is 1. The van der Waals surface area contributed by atoms with Gasteiger partial charge in [-0.25, -0.2) is 4.79 Å². The van der Waals surface area contributed by atoms with Crippen molar-refractivity contribution in [2.75, 3.05) is 25.5 Å². The molecule has 2 atom stereocenters. The van der Waals surface area contributed by atoms with E-state index in [1.807, 2.05) is 25.1 Å². The number of nitrogens with one attached hydrogen (secondary N) is 1. The minimum Gasteiger partial charge on any atom is -0.481 e. The van der Waals surface area contributed by atoms with Gasteiger partial charge in [-0.3, -0.25) is 4.79 Å². The molecule has 0 spiro atoms. The van der Waals surface area contributed by atoms with Crippen molar-refractivity contribution in [3.63, 3.8) is 0 Å². The molecule has 1 aromatic rings. The Hall–Kier alpha value is -2.08. The number of nitrogens with zero attached hydrogens (tertiary/aromatic N) is 1. The van der Waals surface area contributed by atoms with Crippen LogP contribution in [0.4, 0.5) is 10.5 Å². The van der Waals surface area contributed by atoms with Gasteiger partial charge in [-0.2, -0.15) is 0 Å². The molecule has 0 bridgehead atoms. The van der Waals surface area contributed by atoms with E-state index in [1.165, 1.54) is 4.90 Å². The van der Waals surface area contributed by atoms with Gasteiger partial charge >= 0.3 is 12.0 Å². The van der Waals surface area contributed by atoms with Crippen molar-refractivity contribution in [1.29, 1.82) is 0 Å². The molecule has 1 aliphatic rings. The summed E-state index contributed by atoms with van der Waals surface area (Å²) in [5.74, 6) is -1.31. The van der Waals surface area contributed by atoms with Crippen LogP contribution >= 0.6 is 0 Å². The van der Waals surface area contributed by atoms with Gasteiger partial charge < -0.3 is 20.1 Å². The Labute approximate surface area is 123 Å². The number of hydrogen-bond donors (Lipinski definition) is 2. The Kier molecular flexibility index (Phi) is 4.80. The zero-order chi connectivity index (χ0) is 15.4. The molecular formula is C15H20N2O4. The van der Waals surface area contributed by atoms with E-state index < -0.39 is 11.9 Å². The van der Waals surface area contributed by atoms with Crippen LogP contribution in [0.3, 0.4) is 0 Å². The van der Waals surface area contributed by atoms with E-state index in [0.29, 0.717) is 18.7 Å². The summed E-state index contributed by atoms with van der Waals surface area (Å²) in [6, 6.07) is 7.18. The molecule has 1 fully saturated rings. The minimum atomic E-state index is -0.846. The number of anilines is 1. The third kappa shape index (κ3) is 3.72. The molecule has 0 aliphatic carbocycles. The van der Waals surface area contributed by atoms with E-state index in [1.54, 1.807) is 13.2 Å². The van der Waals surface area contributed by atoms with Gasteiger partial charge in [-0.05, 0) is 31.0 Å². The van der Waals surface area contributed by atoms with Crippen molar-refractivity contribution in [3.8, 4) is 0 Å². The Bertz CT molecular complexity index is 532. The zero-order valence-corrected chi connectivity index (χ0v) is 12.2. The Balaban J connectivity index is 1.99. The highest BCUT2D eigenvalue weighted by molar-refractivity contribution is 5.90. The third-order valence-corrected chi connectivity index (χ3v) is 3.79. The third-order valence-electron chi connectivity index (χ3n) is 3.79. The van der Waals surface area contributed by atoms with Crippen LogP contribution < -0.4 is 5.32 Å². The Morgan fingerprint density at radius 1 is 1.48 bits per heavy atom. The van der Waals surface area contributed by atoms with Crippen molar-refractivity contribution in [2.24, 2.45) is 5.92 Å². The quantitative estimate of drug-likeness (QED) is 0.892. The highest BCUT2D eigenvalue weighted by atomic mass is 16.5. The number of amides is 2. The first-order valence-corrected chi connectivity index (χ1v) is 6.92. The second kappa shape index (κ2) is 6.58. The fourth-order valence-electron chi connectivity index (χ4n) is 2.35. The van der Waals surface area contributed by atoms with E-state index in [4.69, 9.17) is 9.84 Å². The first-order valence-electron chi connectivity index (χ1n) is 6.92. The summed E-state index contributed by atoms with van der Waals surface area (Å²) < 4.78 is 5.25. The number of urea groups is 1. The van der Waals surface area contributed by atoms with Gasteiger partial charge in [0.05, 0.1) is 12.0 Å². The lowest BCUT2D eigenvalue weighted by Crippen LogP contribution is -2.33. The standard InChI is InChI=1S/C15H20N2O4/c1-10(21-2)11-4-3-5-13(8-11)16-15(20)17-7-6-12(9-17)14(18)19/h3-5,8,10,12H,6-7,9H2,1-2H3,(H,16,20)(H,18,19). The van der Waals surface area contributed by atoms with Crippen molar-refractivity contribution in [3.05, 3.63) is 29.8 Å². The Morgan fingerprint density at radius 3 is 2.86 bits per heavy atom. The number of carbonyl (C=O) groups excluding carboxylic acids is 1. The number of methoxy groups -OCH3 is 1. The van der Waals surface area contributed by atoms with Gasteiger partial charge in [0, 0.05) is 25.9 Å². The Morgan fingerprint density at radius 2 is 2.24 bits per heavy atom. The zero-order valence-electron chi connectivity index (χ0n) is 12.2. The van der Waals surface area contributed by atoms with Crippen molar-refractivity contribution < 1.29 is 19.4 Å². The fourth-order valence-corrected chi connectivity index (χ4v) is 2.35. The van der Waals surface area contributed by atoms with Crippen molar-refractivity contribution in [2.45, 2.75) is 19.4 Å². The molecule has 1 heterocycles. The lowest BCUT2D eigenvalue weighted by molar-refractivity contribution is -0.141. The van der Waals surface area contributed by atoms with Gasteiger partial charge in [-0.1, -0.05) is 12.1 Å². The molecule has 1 saturated heterocycles. The maximum Gasteiger partial charge on any atom is 0.321 e. The monoisotopic (exact) mass is 292 g/mol. The van der Waals surface area contributed by atoms with Crippen LogP contribution in [0.25, 0.3) is 0 Å². The second-order valence-electron chi connectivity index (χ2n) is 5.20. The summed E-state index contributed by atoms with van der Waals surface area (Å²) in [6.45, 7) is 2.66. The molecule has 1 aliphatic heterocycles. The number of carboxylic acid groups (broad SMARTS) is 1. The normalized spacial score (nSPS) is 19.3. The lowest BCUT2D eigenvalue weighted by atomic mass is 10.1. The van der Waals surface area contributed by atoms with Crippen LogP contribution in [0.1, 0.15) is 25.0 Å². The average Bonchev–Trinajstić information content (AvgIpc) is 2.97. The molecule has 2 rings (SSSR count). The predicted octanol–water partition coefficient (Wildman–Crippen LogP) is 2.33. The molecule has 21 heavy (non-hydrogen) atoms. The van der Waals surface area contributed by atoms with E-state index in [2.05, 4.69) is 5.32 Å². The first kappa shape index (κ1) is 15.3. The van der Waals surface area contributed by atoms with Gasteiger partial charge in [-0.15, -0.1) is 0 Å². The lowest BCUT2D eigenvalue weighted by Gasteiger charge is -2.17. The molecule has 6 nitrogen and oxygen atoms in total. The second-order valence-corrected chi connectivity index (χ2v) is 5.20. The maximum absolute atomic E-state index is 12.1. The van der Waals surface area contributed by atoms with E-state index in [-0.39, 0.29) is 18.7 Å². The van der Waals surface area contributed by atoms with Crippen LogP contribution in [-0.4, -0.2) is 42.2 Å². The van der Waals surface area contributed by atoms with Crippen LogP contribution in [0.15, 0.2) is 24.3 Å². The average molecular weight is 292 g/mol. The molecular weight excluding hydrogens is 272 g/mol. The number of hydrogen-bond acceptors (Lipinski definition) is 3. The molecule has 0 saturated carbocycles. The highest BCUT2D eigenvalue weighted by Gasteiger charge is 2.30. The molecule has 0 aromatic heterocycles. The van der Waals surface area contributed by atoms with Crippen LogP contribution in [0.5, 0.6) is 0 Å². The smallest absolute Gasteiger partial charge is 0.321 e. The summed E-state index contributed by atoms with van der Waals surface area (Å²) in [7, 11) is 1.63. The number of benzene rings is 1. The summed E-state index contributed by atoms with van der Waals surface area (Å²) in [5.41, 5.74) is 1.65. The number of carbonyl (C=O) groups is 2. The minimum absolute atomic E-state index is 0.0509. The van der Waals surface area contributed by atoms with Crippen LogP contribution in [0, 0.1) is 5.92 Å². The van der Waals surface area contributed by atoms with E-state index in [9.17, 15) is 9.59 Å². The molecule has 2 unspecified atom stereocenters. The molecule has 114 valence electrons. The number of aliphatic carboxylic acids is 1. The topological polar surface area (TPSA) is 78.9 Å². The number of ether oxygens (including phenoxy) is 1. The van der Waals surface area contributed by atoms with E-state index >= 15 is 0 Å². The number of carboxylic acids is 1.